The monoisotopic (exact) mass is 601 g/mol. The Morgan fingerprint density at radius 3 is 2.45 bits per heavy atom. The Kier molecular flexibility index (Phi) is 19.1. The molecule has 0 radical (unpaired) electrons. The molecule has 1 fully saturated rings. The first-order chi connectivity index (χ1) is 20.3. The molecule has 3 amide bonds. The van der Waals surface area contributed by atoms with Crippen LogP contribution in [0.2, 0.25) is 0 Å². The van der Waals surface area contributed by atoms with Gasteiger partial charge < -0.3 is 25.0 Å². The van der Waals surface area contributed by atoms with Crippen molar-refractivity contribution < 1.29 is 19.1 Å². The van der Waals surface area contributed by atoms with Gasteiger partial charge in [-0.1, -0.05) is 30.4 Å². The van der Waals surface area contributed by atoms with E-state index in [-0.39, 0.29) is 5.24 Å². The van der Waals surface area contributed by atoms with Crippen molar-refractivity contribution in [2.24, 2.45) is 9.98 Å². The summed E-state index contributed by atoms with van der Waals surface area (Å²) in [6, 6.07) is 3.54. The molecule has 1 aromatic heterocycles. The molecular weight excluding hydrogens is 554 g/mol. The summed E-state index contributed by atoms with van der Waals surface area (Å²) in [4.78, 5) is 38.8. The Morgan fingerprint density at radius 2 is 1.90 bits per heavy atom. The normalized spacial score (nSPS) is 17.8. The van der Waals surface area contributed by atoms with E-state index in [0.29, 0.717) is 36.7 Å². The van der Waals surface area contributed by atoms with Crippen molar-refractivity contribution >= 4 is 39.2 Å². The number of nitrogens with one attached hydrogen (secondary N) is 3. The molecule has 0 aliphatic carbocycles. The highest BCUT2D eigenvalue weighted by atomic mass is 32.2. The van der Waals surface area contributed by atoms with Gasteiger partial charge in [0.25, 0.3) is 5.24 Å². The van der Waals surface area contributed by atoms with Crippen LogP contribution >= 0.6 is 10.5 Å². The predicted molar refractivity (Wildman–Crippen MR) is 175 cm³/mol. The maximum Gasteiger partial charge on any atom is 0.324 e. The summed E-state index contributed by atoms with van der Waals surface area (Å²) >= 11 is 0. The minimum absolute atomic E-state index is 0.0849. The number of hydrogen-bond acceptors (Lipinski definition) is 8. The lowest BCUT2D eigenvalue weighted by molar-refractivity contribution is 0.0503. The van der Waals surface area contributed by atoms with E-state index in [1.807, 2.05) is 52.9 Å². The summed E-state index contributed by atoms with van der Waals surface area (Å²) in [6.45, 7) is 14.3. The van der Waals surface area contributed by atoms with Gasteiger partial charge in [0.1, 0.15) is 11.6 Å². The van der Waals surface area contributed by atoms with Crippen molar-refractivity contribution in [3.63, 3.8) is 0 Å². The molecule has 232 valence electrons. The molecule has 0 aromatic carbocycles. The number of urea groups is 1. The number of aromatic nitrogens is 1. The van der Waals surface area contributed by atoms with Crippen LogP contribution in [0.4, 0.5) is 9.59 Å². The smallest absolute Gasteiger partial charge is 0.324 e. The van der Waals surface area contributed by atoms with E-state index in [1.165, 1.54) is 5.56 Å². The highest BCUT2D eigenvalue weighted by Gasteiger charge is 2.14. The maximum atomic E-state index is 12.2. The van der Waals surface area contributed by atoms with Crippen molar-refractivity contribution in [1.29, 1.82) is 0 Å². The van der Waals surface area contributed by atoms with E-state index < -0.39 is 16.5 Å². The number of morpholine rings is 1. The quantitative estimate of drug-likeness (QED) is 0.420. The molecule has 1 unspecified atom stereocenters. The van der Waals surface area contributed by atoms with Crippen LogP contribution in [0, 0.1) is 6.92 Å². The molecule has 42 heavy (non-hydrogen) atoms. The first kappa shape index (κ1) is 36.4. The van der Waals surface area contributed by atoms with Crippen LogP contribution in [-0.2, 0) is 9.47 Å². The molecule has 0 spiro atoms. The highest BCUT2D eigenvalue weighted by molar-refractivity contribution is 8.30. The minimum atomic E-state index is -0.744. The number of amidine groups is 1. The zero-order valence-electron chi connectivity index (χ0n) is 26.0. The van der Waals surface area contributed by atoms with Gasteiger partial charge in [-0.15, -0.1) is 0 Å². The second kappa shape index (κ2) is 22.0. The number of allylic oxidation sites excluding steroid dienone is 2. The van der Waals surface area contributed by atoms with Gasteiger partial charge in [0.15, 0.2) is 0 Å². The largest absolute Gasteiger partial charge is 0.500 e. The van der Waals surface area contributed by atoms with Crippen LogP contribution in [0.5, 0.6) is 0 Å². The van der Waals surface area contributed by atoms with Gasteiger partial charge in [0.2, 0.25) is 0 Å². The molecule has 4 rings (SSSR count). The van der Waals surface area contributed by atoms with E-state index >= 15 is 0 Å². The van der Waals surface area contributed by atoms with Gasteiger partial charge in [-0.2, -0.15) is 0 Å². The number of ether oxygens (including phenoxy) is 2. The number of carbonyl (C=O) groups excluding carboxylic acids is 2. The molecule has 3 aliphatic heterocycles. The number of methoxy groups -OCH3 is 1. The average Bonchev–Trinajstić information content (AvgIpc) is 3.33. The van der Waals surface area contributed by atoms with Crippen molar-refractivity contribution in [2.75, 3.05) is 47.0 Å². The fourth-order valence-corrected chi connectivity index (χ4v) is 4.60. The Bertz CT molecular complexity index is 1160. The summed E-state index contributed by atoms with van der Waals surface area (Å²) in [6.07, 6.45) is 9.46. The van der Waals surface area contributed by atoms with E-state index in [4.69, 9.17) is 9.47 Å². The molecule has 3 aliphatic rings. The molecule has 3 N–H and O–H groups in total. The Labute approximate surface area is 253 Å². The number of carbonyl (C=O) groups is 2. The van der Waals surface area contributed by atoms with E-state index in [2.05, 4.69) is 42.9 Å². The van der Waals surface area contributed by atoms with Crippen LogP contribution in [-0.4, -0.2) is 85.6 Å². The highest BCUT2D eigenvalue weighted by Crippen LogP contribution is 2.24. The number of nitrogens with zero attached hydrogens (tertiary/aromatic N) is 4. The van der Waals surface area contributed by atoms with Crippen molar-refractivity contribution in [1.82, 2.24) is 25.8 Å². The van der Waals surface area contributed by atoms with Crippen molar-refractivity contribution in [2.45, 2.75) is 47.5 Å². The molecule has 0 bridgehead atoms. The van der Waals surface area contributed by atoms with Crippen LogP contribution in [0.25, 0.3) is 0 Å². The second-order valence-corrected chi connectivity index (χ2v) is 10.5. The van der Waals surface area contributed by atoms with E-state index in [9.17, 15) is 9.59 Å². The summed E-state index contributed by atoms with van der Waals surface area (Å²) in [5, 5.41) is 11.7. The van der Waals surface area contributed by atoms with Crippen molar-refractivity contribution in [3.05, 3.63) is 64.9 Å². The SMILES string of the molecule is CC.CCNC(=O)S1=CC=C(NC(=O)NC2=NC=C(C)N=CC2)CC(OC)=C1.CN1CCOCC1.Cc1cccnc1. The van der Waals surface area contributed by atoms with Crippen LogP contribution in [0.1, 0.15) is 46.1 Å². The van der Waals surface area contributed by atoms with Crippen LogP contribution in [0.3, 0.4) is 0 Å². The van der Waals surface area contributed by atoms with Gasteiger partial charge in [-0.3, -0.25) is 20.1 Å². The Balaban J connectivity index is 0.000000444. The Hall–Kier alpha value is -3.61. The Morgan fingerprint density at radius 1 is 1.17 bits per heavy atom. The lowest BCUT2D eigenvalue weighted by Crippen LogP contribution is -2.39. The minimum Gasteiger partial charge on any atom is -0.500 e. The fraction of sp³-hybridized carbons (Fsp3) is 0.467. The number of pyridine rings is 1. The van der Waals surface area contributed by atoms with Crippen LogP contribution in [0.15, 0.2) is 69.3 Å². The topological polar surface area (TPSA) is 130 Å². The average molecular weight is 602 g/mol. The number of rotatable bonds is 3. The number of hydrogen-bond donors (Lipinski definition) is 3. The number of aryl methyl sites for hydroxylation is 1. The lowest BCUT2D eigenvalue weighted by Gasteiger charge is -2.21. The van der Waals surface area contributed by atoms with Gasteiger partial charge in [-0.05, 0) is 50.9 Å². The maximum absolute atomic E-state index is 12.2. The third-order valence-corrected chi connectivity index (χ3v) is 6.92. The second-order valence-electron chi connectivity index (χ2n) is 8.87. The first-order valence-corrected chi connectivity index (χ1v) is 15.4. The zero-order valence-corrected chi connectivity index (χ0v) is 26.8. The van der Waals surface area contributed by atoms with E-state index in [0.717, 1.165) is 32.0 Å². The fourth-order valence-electron chi connectivity index (χ4n) is 3.20. The van der Waals surface area contributed by atoms with Gasteiger partial charge >= 0.3 is 6.03 Å². The lowest BCUT2D eigenvalue weighted by atomic mass is 10.2. The van der Waals surface area contributed by atoms with Crippen LogP contribution < -0.4 is 16.0 Å². The molecule has 1 saturated heterocycles. The molecule has 1 atom stereocenters. The molecule has 11 nitrogen and oxygen atoms in total. The predicted octanol–water partition coefficient (Wildman–Crippen LogP) is 4.96. The summed E-state index contributed by atoms with van der Waals surface area (Å²) in [5.41, 5.74) is 2.61. The van der Waals surface area contributed by atoms with Gasteiger partial charge in [0.05, 0.1) is 32.2 Å². The first-order valence-electron chi connectivity index (χ1n) is 14.1. The summed E-state index contributed by atoms with van der Waals surface area (Å²) in [7, 11) is 2.91. The third-order valence-electron chi connectivity index (χ3n) is 5.40. The molecular formula is C30H47N7O4S. The van der Waals surface area contributed by atoms with Crippen molar-refractivity contribution in [3.8, 4) is 0 Å². The number of aliphatic imine (C=N–C) groups is 2. The summed E-state index contributed by atoms with van der Waals surface area (Å²) in [5.74, 6) is 1.13. The summed E-state index contributed by atoms with van der Waals surface area (Å²) < 4.78 is 10.4. The molecule has 12 heteroatoms. The van der Waals surface area contributed by atoms with E-state index in [1.54, 1.807) is 42.6 Å². The van der Waals surface area contributed by atoms with Gasteiger partial charge in [0, 0.05) is 62.2 Å². The zero-order chi connectivity index (χ0) is 31.2. The number of amides is 3. The number of likely N-dealkylation sites (N-methyl/N-ethyl adjacent to an activating group) is 1. The molecule has 0 saturated carbocycles. The molecule has 4 heterocycles. The molecule has 1 aromatic rings. The third kappa shape index (κ3) is 16.0. The van der Waals surface area contributed by atoms with Gasteiger partial charge in [-0.25, -0.2) is 9.79 Å². The standard InChI is InChI=1S/C17H23N5O3S.C6H7N.C5H11NO.C2H6/c1-4-18-17(24)26-8-6-13(9-14(11-26)25-3)21-16(23)22-15-5-7-19-12(2)10-20-15;1-6-3-2-4-7-5-6;1-6-2-4-7-5-3-6;1-2/h6-8,10-11H,4-5,9H2,1-3H3,(H,18,24)(H2,20,21,22,23);2-5H,1H3;2-5H2,1H3;1-2H3.